The van der Waals surface area contributed by atoms with Crippen LogP contribution < -0.4 is 20.3 Å². The summed E-state index contributed by atoms with van der Waals surface area (Å²) in [5.74, 6) is -1.68. The van der Waals surface area contributed by atoms with E-state index in [0.717, 1.165) is 22.7 Å². The van der Waals surface area contributed by atoms with E-state index in [0.29, 0.717) is 38.2 Å². The first-order valence-corrected chi connectivity index (χ1v) is 16.2. The zero-order valence-corrected chi connectivity index (χ0v) is 25.5. The summed E-state index contributed by atoms with van der Waals surface area (Å²) in [6, 6.07) is 11.8. The van der Waals surface area contributed by atoms with E-state index in [1.807, 2.05) is 44.2 Å². The van der Waals surface area contributed by atoms with Crippen molar-refractivity contribution in [3.8, 4) is 0 Å². The average molecular weight is 623 g/mol. The van der Waals surface area contributed by atoms with Crippen molar-refractivity contribution in [1.82, 2.24) is 10.6 Å². The van der Waals surface area contributed by atoms with E-state index in [1.165, 1.54) is 12.1 Å². The highest BCUT2D eigenvalue weighted by Gasteiger charge is 2.32. The minimum atomic E-state index is -3.71. The molecular formula is C30H43FN4O7S. The molecule has 2 fully saturated rings. The molecule has 0 spiro atoms. The van der Waals surface area contributed by atoms with E-state index < -0.39 is 33.9 Å². The van der Waals surface area contributed by atoms with Gasteiger partial charge in [-0.3, -0.25) is 13.9 Å². The molecule has 13 heteroatoms. The Kier molecular flexibility index (Phi) is 13.2. The Bertz CT molecular complexity index is 1290. The number of sulfonamides is 1. The van der Waals surface area contributed by atoms with Gasteiger partial charge in [0.05, 0.1) is 29.1 Å². The fourth-order valence-corrected chi connectivity index (χ4v) is 6.79. The van der Waals surface area contributed by atoms with Gasteiger partial charge in [0.2, 0.25) is 10.0 Å². The van der Waals surface area contributed by atoms with E-state index in [9.17, 15) is 18.3 Å². The van der Waals surface area contributed by atoms with Crippen LogP contribution >= 0.6 is 0 Å². The standard InChI is InChI=1S/C29H41FN4O5S.CH2O2/c1-20(2)32-23-17-24(28(30)26(18-23)34-12-6-7-15-40(34,37)38)29(36)33-25(16-21-8-4-3-5-9-21)27(35)19-31-22-10-13-39-14-11-22;2-1-3/h3-5,8-9,17-18,20,22,25,27,31-32,35H,6-7,10-16,19H2,1-2H3,(H,33,36);1H,(H,2,3)/t25-,27+;/m0./s1. The number of ether oxygens (including phenoxy) is 1. The highest BCUT2D eigenvalue weighted by atomic mass is 32.2. The summed E-state index contributed by atoms with van der Waals surface area (Å²) >= 11 is 0. The number of nitrogens with one attached hydrogen (secondary N) is 3. The summed E-state index contributed by atoms with van der Waals surface area (Å²) in [6.07, 6.45) is 2.18. The van der Waals surface area contributed by atoms with Gasteiger partial charge >= 0.3 is 0 Å². The third kappa shape index (κ3) is 10.2. The molecule has 238 valence electrons. The molecule has 5 N–H and O–H groups in total. The summed E-state index contributed by atoms with van der Waals surface area (Å²) in [5, 5.41) is 27.4. The molecule has 43 heavy (non-hydrogen) atoms. The lowest BCUT2D eigenvalue weighted by Gasteiger charge is -2.30. The third-order valence-corrected chi connectivity index (χ3v) is 9.14. The summed E-state index contributed by atoms with van der Waals surface area (Å²) in [6.45, 7) is 5.27. The summed E-state index contributed by atoms with van der Waals surface area (Å²) < 4.78 is 48.1. The molecule has 2 aromatic rings. The summed E-state index contributed by atoms with van der Waals surface area (Å²) in [4.78, 5) is 22.0. The SMILES string of the molecule is CC(C)Nc1cc(C(=O)N[C@@H](Cc2ccccc2)[C@H](O)CNC2CCOCC2)c(F)c(N2CCCCS2(=O)=O)c1.O=CO. The van der Waals surface area contributed by atoms with Crippen LogP contribution in [0.1, 0.15) is 55.5 Å². The predicted molar refractivity (Wildman–Crippen MR) is 163 cm³/mol. The fourth-order valence-electron chi connectivity index (χ4n) is 5.16. The van der Waals surface area contributed by atoms with Crippen LogP contribution in [0.3, 0.4) is 0 Å². The number of anilines is 2. The number of aliphatic hydroxyl groups excluding tert-OH is 1. The van der Waals surface area contributed by atoms with Gasteiger partial charge in [0.15, 0.2) is 5.82 Å². The van der Waals surface area contributed by atoms with Crippen LogP contribution in [0.15, 0.2) is 42.5 Å². The Morgan fingerprint density at radius 3 is 2.47 bits per heavy atom. The van der Waals surface area contributed by atoms with Crippen molar-refractivity contribution in [3.05, 3.63) is 59.4 Å². The van der Waals surface area contributed by atoms with Gasteiger partial charge in [0.25, 0.3) is 12.4 Å². The molecule has 11 nitrogen and oxygen atoms in total. The van der Waals surface area contributed by atoms with Crippen LogP contribution in [-0.2, 0) is 26.0 Å². The number of carbonyl (C=O) groups excluding carboxylic acids is 1. The smallest absolute Gasteiger partial charge is 0.290 e. The predicted octanol–water partition coefficient (Wildman–Crippen LogP) is 2.75. The molecule has 2 atom stereocenters. The van der Waals surface area contributed by atoms with Crippen LogP contribution in [0.5, 0.6) is 0 Å². The van der Waals surface area contributed by atoms with E-state index in [4.69, 9.17) is 14.6 Å². The molecule has 1 amide bonds. The Balaban J connectivity index is 0.00000162. The molecule has 0 saturated carbocycles. The number of aliphatic hydroxyl groups is 1. The number of amides is 1. The van der Waals surface area contributed by atoms with Crippen molar-refractivity contribution in [2.24, 2.45) is 0 Å². The van der Waals surface area contributed by atoms with Crippen LogP contribution in [0.25, 0.3) is 0 Å². The highest BCUT2D eigenvalue weighted by Crippen LogP contribution is 2.32. The number of carbonyl (C=O) groups is 2. The molecule has 2 heterocycles. The van der Waals surface area contributed by atoms with Gasteiger partial charge in [-0.05, 0) is 63.6 Å². The maximum atomic E-state index is 16.0. The Labute approximate surface area is 252 Å². The maximum Gasteiger partial charge on any atom is 0.290 e. The van der Waals surface area contributed by atoms with Crippen LogP contribution in [0.4, 0.5) is 15.8 Å². The van der Waals surface area contributed by atoms with Gasteiger partial charge in [0, 0.05) is 44.1 Å². The fraction of sp³-hybridized carbons (Fsp3) is 0.533. The van der Waals surface area contributed by atoms with Crippen LogP contribution in [-0.4, -0.2) is 87.3 Å². The molecule has 0 aromatic heterocycles. The van der Waals surface area contributed by atoms with Gasteiger partial charge < -0.3 is 30.9 Å². The number of benzene rings is 2. The molecule has 2 aliphatic heterocycles. The second kappa shape index (κ2) is 16.6. The van der Waals surface area contributed by atoms with E-state index in [1.54, 1.807) is 0 Å². The van der Waals surface area contributed by atoms with Gasteiger partial charge in [-0.15, -0.1) is 0 Å². The van der Waals surface area contributed by atoms with Crippen LogP contribution in [0.2, 0.25) is 0 Å². The van der Waals surface area contributed by atoms with Gasteiger partial charge in [-0.1, -0.05) is 30.3 Å². The molecular weight excluding hydrogens is 579 g/mol. The van der Waals surface area contributed by atoms with Crippen molar-refractivity contribution in [1.29, 1.82) is 0 Å². The molecule has 2 aliphatic rings. The van der Waals surface area contributed by atoms with E-state index >= 15 is 4.39 Å². The van der Waals surface area contributed by atoms with Crippen molar-refractivity contribution in [3.63, 3.8) is 0 Å². The topological polar surface area (TPSA) is 157 Å². The number of halogens is 1. The zero-order valence-electron chi connectivity index (χ0n) is 24.7. The van der Waals surface area contributed by atoms with Crippen molar-refractivity contribution in [2.45, 2.75) is 70.2 Å². The molecule has 4 rings (SSSR count). The quantitative estimate of drug-likeness (QED) is 0.238. The monoisotopic (exact) mass is 622 g/mol. The molecule has 0 unspecified atom stereocenters. The third-order valence-electron chi connectivity index (χ3n) is 7.29. The van der Waals surface area contributed by atoms with Crippen molar-refractivity contribution >= 4 is 33.8 Å². The second-order valence-electron chi connectivity index (χ2n) is 11.0. The van der Waals surface area contributed by atoms with Crippen LogP contribution in [0, 0.1) is 5.82 Å². The van der Waals surface area contributed by atoms with E-state index in [2.05, 4.69) is 16.0 Å². The highest BCUT2D eigenvalue weighted by molar-refractivity contribution is 7.92. The molecule has 0 radical (unpaired) electrons. The largest absolute Gasteiger partial charge is 0.483 e. The lowest BCUT2D eigenvalue weighted by atomic mass is 9.99. The Hall–Kier alpha value is -3.26. The number of rotatable bonds is 11. The lowest BCUT2D eigenvalue weighted by Crippen LogP contribution is -2.50. The Morgan fingerprint density at radius 1 is 1.16 bits per heavy atom. The average Bonchev–Trinajstić information content (AvgIpc) is 2.97. The first kappa shape index (κ1) is 34.2. The number of carboxylic acid groups (broad SMARTS) is 1. The molecule has 2 aromatic carbocycles. The molecule has 0 bridgehead atoms. The normalized spacial score (nSPS) is 18.2. The number of hydrogen-bond acceptors (Lipinski definition) is 8. The second-order valence-corrected chi connectivity index (χ2v) is 13.0. The Morgan fingerprint density at radius 2 is 1.84 bits per heavy atom. The molecule has 0 aliphatic carbocycles. The lowest BCUT2D eigenvalue weighted by molar-refractivity contribution is -0.122. The molecule has 2 saturated heterocycles. The summed E-state index contributed by atoms with van der Waals surface area (Å²) in [5.41, 5.74) is 0.938. The van der Waals surface area contributed by atoms with Crippen molar-refractivity contribution in [2.75, 3.05) is 41.7 Å². The van der Waals surface area contributed by atoms with E-state index in [-0.39, 0.29) is 48.6 Å². The minimum Gasteiger partial charge on any atom is -0.483 e. The van der Waals surface area contributed by atoms with Gasteiger partial charge in [-0.2, -0.15) is 0 Å². The zero-order chi connectivity index (χ0) is 31.4. The first-order valence-electron chi connectivity index (χ1n) is 14.6. The minimum absolute atomic E-state index is 0.0314. The number of nitrogens with zero attached hydrogens (tertiary/aromatic N) is 1. The maximum absolute atomic E-state index is 16.0. The first-order chi connectivity index (χ1) is 20.6. The van der Waals surface area contributed by atoms with Crippen molar-refractivity contribution < 1.29 is 37.3 Å². The van der Waals surface area contributed by atoms with Gasteiger partial charge in [-0.25, -0.2) is 12.8 Å². The number of hydrogen-bond donors (Lipinski definition) is 5. The van der Waals surface area contributed by atoms with Gasteiger partial charge in [0.1, 0.15) is 0 Å². The summed E-state index contributed by atoms with van der Waals surface area (Å²) in [7, 11) is -3.71.